The van der Waals surface area contributed by atoms with Crippen molar-refractivity contribution in [3.63, 3.8) is 0 Å². The van der Waals surface area contributed by atoms with Crippen LogP contribution in [0, 0.1) is 0 Å². The summed E-state index contributed by atoms with van der Waals surface area (Å²) >= 11 is 0. The van der Waals surface area contributed by atoms with Gasteiger partial charge in [-0.15, -0.1) is 0 Å². The number of benzene rings is 1. The molecule has 0 fully saturated rings. The summed E-state index contributed by atoms with van der Waals surface area (Å²) in [6.07, 6.45) is 2.33. The average molecular weight is 353 g/mol. The zero-order valence-corrected chi connectivity index (χ0v) is 14.4. The quantitative estimate of drug-likeness (QED) is 0.698. The van der Waals surface area contributed by atoms with E-state index in [0.29, 0.717) is 37.6 Å². The minimum Gasteiger partial charge on any atom is -0.462 e. The van der Waals surface area contributed by atoms with Crippen LogP contribution in [0.5, 0.6) is 0 Å². The second-order valence-corrected chi connectivity index (χ2v) is 6.10. The van der Waals surface area contributed by atoms with Gasteiger partial charge in [0.1, 0.15) is 0 Å². The smallest absolute Gasteiger partial charge is 0.338 e. The summed E-state index contributed by atoms with van der Waals surface area (Å²) in [7, 11) is 0. The molecule has 0 atom stereocenters. The molecule has 1 N–H and O–H groups in total. The molecule has 0 unspecified atom stereocenters. The first kappa shape index (κ1) is 16.3. The van der Waals surface area contributed by atoms with E-state index in [4.69, 9.17) is 4.74 Å². The molecule has 1 aliphatic rings. The Hall–Kier alpha value is -3.16. The number of ether oxygens (including phenoxy) is 1. The third-order valence-corrected chi connectivity index (χ3v) is 4.41. The van der Waals surface area contributed by atoms with Crippen LogP contribution in [0.2, 0.25) is 0 Å². The number of carbonyl (C=O) groups excluding carboxylic acids is 1. The molecule has 4 rings (SSSR count). The van der Waals surface area contributed by atoms with E-state index in [2.05, 4.69) is 15.4 Å². The van der Waals surface area contributed by atoms with Gasteiger partial charge in [-0.05, 0) is 25.1 Å². The number of rotatable bonds is 5. The normalized spacial score (nSPS) is 12.8. The van der Waals surface area contributed by atoms with Gasteiger partial charge in [0.05, 0.1) is 29.6 Å². The van der Waals surface area contributed by atoms with Gasteiger partial charge in [-0.3, -0.25) is 14.0 Å². The Morgan fingerprint density at radius 1 is 1.35 bits per heavy atom. The highest BCUT2D eigenvalue weighted by molar-refractivity contribution is 5.94. The van der Waals surface area contributed by atoms with E-state index in [-0.39, 0.29) is 11.5 Å². The summed E-state index contributed by atoms with van der Waals surface area (Å²) in [6, 6.07) is 6.96. The highest BCUT2D eigenvalue weighted by atomic mass is 16.5. The molecule has 3 heterocycles. The van der Waals surface area contributed by atoms with Gasteiger partial charge in [-0.2, -0.15) is 5.10 Å². The predicted molar refractivity (Wildman–Crippen MR) is 96.4 cm³/mol. The molecule has 8 nitrogen and oxygen atoms in total. The summed E-state index contributed by atoms with van der Waals surface area (Å²) in [5.74, 6) is 0.300. The Balaban J connectivity index is 1.54. The van der Waals surface area contributed by atoms with Crippen molar-refractivity contribution >= 4 is 22.8 Å². The molecule has 0 aliphatic carbocycles. The maximum atomic E-state index is 12.1. The van der Waals surface area contributed by atoms with Crippen molar-refractivity contribution in [2.24, 2.45) is 0 Å². The van der Waals surface area contributed by atoms with Crippen LogP contribution in [0.4, 0.5) is 5.95 Å². The van der Waals surface area contributed by atoms with E-state index in [1.807, 2.05) is 10.7 Å². The zero-order chi connectivity index (χ0) is 18.1. The van der Waals surface area contributed by atoms with Gasteiger partial charge >= 0.3 is 5.97 Å². The van der Waals surface area contributed by atoms with Gasteiger partial charge in [0.2, 0.25) is 5.95 Å². The Kier molecular flexibility index (Phi) is 4.16. The summed E-state index contributed by atoms with van der Waals surface area (Å²) in [6.45, 7) is 4.12. The number of anilines is 1. The minimum absolute atomic E-state index is 0.0283. The lowest BCUT2D eigenvalue weighted by molar-refractivity contribution is 0.0526. The zero-order valence-electron chi connectivity index (χ0n) is 14.4. The fraction of sp³-hybridized carbons (Fsp3) is 0.333. The van der Waals surface area contributed by atoms with Gasteiger partial charge in [-0.1, -0.05) is 0 Å². The van der Waals surface area contributed by atoms with E-state index in [1.165, 1.54) is 0 Å². The Morgan fingerprint density at radius 3 is 3.08 bits per heavy atom. The van der Waals surface area contributed by atoms with Gasteiger partial charge in [0.15, 0.2) is 0 Å². The molecule has 8 heteroatoms. The topological polar surface area (TPSA) is 91.0 Å². The first-order valence-electron chi connectivity index (χ1n) is 8.63. The molecule has 3 aromatic rings. The maximum Gasteiger partial charge on any atom is 0.338 e. The van der Waals surface area contributed by atoms with E-state index in [0.717, 1.165) is 23.1 Å². The molecule has 0 spiro atoms. The van der Waals surface area contributed by atoms with Crippen molar-refractivity contribution in [3.8, 4) is 0 Å². The van der Waals surface area contributed by atoms with Crippen molar-refractivity contribution in [1.29, 1.82) is 0 Å². The molecule has 0 amide bonds. The van der Waals surface area contributed by atoms with E-state index >= 15 is 0 Å². The number of aromatic nitrogens is 4. The fourth-order valence-corrected chi connectivity index (χ4v) is 3.14. The standard InChI is InChI=1S/C18H19N5O3/c1-2-26-17(25)12-3-4-15-13(9-12)11-20-23(15)7-5-14-10-16(24)22-8-6-19-18(22)21-14/h3-4,9-11H,2,5-8H2,1H3,(H,19,21). The SMILES string of the molecule is CCOC(=O)c1ccc2c(cnn2CCc2cc(=O)n3c(n2)NCC3)c1. The van der Waals surface area contributed by atoms with Crippen molar-refractivity contribution in [3.05, 3.63) is 52.1 Å². The molecule has 1 aliphatic heterocycles. The Bertz CT molecular complexity index is 1040. The number of hydrogen-bond acceptors (Lipinski definition) is 6. The number of esters is 1. The van der Waals surface area contributed by atoms with Gasteiger partial charge in [-0.25, -0.2) is 9.78 Å². The van der Waals surface area contributed by atoms with Crippen LogP contribution in [0.15, 0.2) is 35.3 Å². The maximum absolute atomic E-state index is 12.1. The lowest BCUT2D eigenvalue weighted by Gasteiger charge is -2.07. The highest BCUT2D eigenvalue weighted by Gasteiger charge is 2.14. The molecule has 0 radical (unpaired) electrons. The summed E-state index contributed by atoms with van der Waals surface area (Å²) in [4.78, 5) is 28.4. The summed E-state index contributed by atoms with van der Waals surface area (Å²) in [5, 5.41) is 8.38. The second kappa shape index (κ2) is 6.62. The molecule has 0 saturated carbocycles. The van der Waals surface area contributed by atoms with Crippen LogP contribution in [0.3, 0.4) is 0 Å². The highest BCUT2D eigenvalue weighted by Crippen LogP contribution is 2.17. The van der Waals surface area contributed by atoms with Gasteiger partial charge in [0.25, 0.3) is 5.56 Å². The van der Waals surface area contributed by atoms with Crippen LogP contribution in [0.25, 0.3) is 10.9 Å². The lowest BCUT2D eigenvalue weighted by Crippen LogP contribution is -2.19. The van der Waals surface area contributed by atoms with Crippen LogP contribution < -0.4 is 10.9 Å². The van der Waals surface area contributed by atoms with Crippen LogP contribution in [-0.4, -0.2) is 38.5 Å². The van der Waals surface area contributed by atoms with E-state index in [9.17, 15) is 9.59 Å². The molecular formula is C18H19N5O3. The van der Waals surface area contributed by atoms with Crippen molar-refractivity contribution in [2.45, 2.75) is 26.4 Å². The lowest BCUT2D eigenvalue weighted by atomic mass is 10.1. The number of nitrogens with zero attached hydrogens (tertiary/aromatic N) is 4. The largest absolute Gasteiger partial charge is 0.462 e. The monoisotopic (exact) mass is 353 g/mol. The predicted octanol–water partition coefficient (Wildman–Crippen LogP) is 1.44. The number of aryl methyl sites for hydroxylation is 2. The van der Waals surface area contributed by atoms with E-state index < -0.39 is 0 Å². The second-order valence-electron chi connectivity index (χ2n) is 6.10. The molecular weight excluding hydrogens is 334 g/mol. The van der Waals surface area contributed by atoms with Gasteiger partial charge < -0.3 is 10.1 Å². The first-order valence-corrected chi connectivity index (χ1v) is 8.63. The molecule has 1 aromatic carbocycles. The number of hydrogen-bond donors (Lipinski definition) is 1. The fourth-order valence-electron chi connectivity index (χ4n) is 3.14. The summed E-state index contributed by atoms with van der Waals surface area (Å²) in [5.41, 5.74) is 2.15. The van der Waals surface area contributed by atoms with Crippen molar-refractivity contribution < 1.29 is 9.53 Å². The van der Waals surface area contributed by atoms with E-state index in [1.54, 1.807) is 35.9 Å². The first-order chi connectivity index (χ1) is 12.7. The molecule has 0 saturated heterocycles. The number of carbonyl (C=O) groups is 1. The van der Waals surface area contributed by atoms with Crippen LogP contribution >= 0.6 is 0 Å². The third kappa shape index (κ3) is 2.94. The Labute approximate surface area is 149 Å². The number of fused-ring (bicyclic) bond motifs is 2. The van der Waals surface area contributed by atoms with Crippen LogP contribution in [0.1, 0.15) is 23.0 Å². The molecule has 26 heavy (non-hydrogen) atoms. The average Bonchev–Trinajstić information content (AvgIpc) is 3.26. The van der Waals surface area contributed by atoms with Crippen molar-refractivity contribution in [1.82, 2.24) is 19.3 Å². The molecule has 2 aromatic heterocycles. The number of nitrogens with one attached hydrogen (secondary N) is 1. The molecule has 134 valence electrons. The summed E-state index contributed by atoms with van der Waals surface area (Å²) < 4.78 is 8.52. The third-order valence-electron chi connectivity index (χ3n) is 4.41. The van der Waals surface area contributed by atoms with Crippen LogP contribution in [-0.2, 0) is 24.2 Å². The molecule has 0 bridgehead atoms. The van der Waals surface area contributed by atoms with Gasteiger partial charge in [0, 0.05) is 37.5 Å². The van der Waals surface area contributed by atoms with Crippen molar-refractivity contribution in [2.75, 3.05) is 18.5 Å². The Morgan fingerprint density at radius 2 is 2.23 bits per heavy atom. The minimum atomic E-state index is -0.336.